The van der Waals surface area contributed by atoms with E-state index in [2.05, 4.69) is 13.1 Å². The average molecular weight is 382 g/mol. The molecule has 0 aliphatic rings. The van der Waals surface area contributed by atoms with E-state index in [0.29, 0.717) is 0 Å². The van der Waals surface area contributed by atoms with Gasteiger partial charge in [0.15, 0.2) is 0 Å². The van der Waals surface area contributed by atoms with E-state index >= 15 is 0 Å². The van der Waals surface area contributed by atoms with Crippen molar-refractivity contribution < 1.29 is 0 Å². The van der Waals surface area contributed by atoms with Crippen LogP contribution in [0.1, 0.15) is 103 Å². The van der Waals surface area contributed by atoms with Gasteiger partial charge in [0, 0.05) is 5.88 Å². The molecule has 0 rings (SSSR count). The fourth-order valence-electron chi connectivity index (χ4n) is 3.11. The summed E-state index contributed by atoms with van der Waals surface area (Å²) < 4.78 is 0. The van der Waals surface area contributed by atoms with E-state index in [1.165, 1.54) is 109 Å². The van der Waals surface area contributed by atoms with E-state index in [1.54, 1.807) is 0 Å². The van der Waals surface area contributed by atoms with Gasteiger partial charge in [0.05, 0.1) is 0 Å². The van der Waals surface area contributed by atoms with Gasteiger partial charge in [0.1, 0.15) is 7.38 Å². The summed E-state index contributed by atoms with van der Waals surface area (Å²) in [6.45, 7) is 4.52. The van der Waals surface area contributed by atoms with Gasteiger partial charge in [-0.1, -0.05) is 109 Å². The molecule has 0 saturated carbocycles. The van der Waals surface area contributed by atoms with Crippen LogP contribution in [-0.4, -0.2) is 13.3 Å². The van der Waals surface area contributed by atoms with Gasteiger partial charge in [0.25, 0.3) is 0 Å². The fourth-order valence-corrected chi connectivity index (χ4v) is 4.80. The Labute approximate surface area is 157 Å². The van der Waals surface area contributed by atoms with Crippen molar-refractivity contribution in [3.8, 4) is 0 Å². The molecule has 0 unspecified atom stereocenters. The molecule has 0 N–H and O–H groups in total. The van der Waals surface area contributed by atoms with E-state index in [4.69, 9.17) is 22.7 Å². The third-order valence-corrected chi connectivity index (χ3v) is 7.03. The number of unbranched alkanes of at least 4 members (excludes halogenated alkanes) is 15. The summed E-state index contributed by atoms with van der Waals surface area (Å²) in [5, 5.41) is 0. The Balaban J connectivity index is 3.00. The first-order chi connectivity index (χ1) is 11.1. The summed E-state index contributed by atoms with van der Waals surface area (Å²) in [6.07, 6.45) is 22.5. The molecule has 0 aliphatic heterocycles. The maximum atomic E-state index is 6.34. The minimum Gasteiger partial charge on any atom is -0.168 e. The maximum Gasteiger partial charge on any atom is 0.150 e. The minimum atomic E-state index is -1.30. The molecule has 0 aromatic rings. The van der Waals surface area contributed by atoms with E-state index in [0.717, 1.165) is 5.88 Å². The molecule has 0 aromatic heterocycles. The highest BCUT2D eigenvalue weighted by Crippen LogP contribution is 2.19. The van der Waals surface area contributed by atoms with Crippen molar-refractivity contribution in [2.24, 2.45) is 0 Å². The van der Waals surface area contributed by atoms with Gasteiger partial charge < -0.3 is 0 Å². The van der Waals surface area contributed by atoms with Gasteiger partial charge in [-0.3, -0.25) is 0 Å². The molecule has 0 spiro atoms. The van der Waals surface area contributed by atoms with Crippen LogP contribution in [0.3, 0.4) is 0 Å². The second-order valence-electron chi connectivity index (χ2n) is 7.81. The Kier molecular flexibility index (Phi) is 18.2. The predicted molar refractivity (Wildman–Crippen MR) is 113 cm³/mol. The van der Waals surface area contributed by atoms with Crippen LogP contribution < -0.4 is 0 Å². The molecule has 0 amide bonds. The lowest BCUT2D eigenvalue weighted by Crippen LogP contribution is -2.14. The summed E-state index contributed by atoms with van der Waals surface area (Å²) in [5.41, 5.74) is 0. The highest BCUT2D eigenvalue weighted by Gasteiger charge is 2.15. The van der Waals surface area contributed by atoms with Crippen molar-refractivity contribution >= 4 is 30.1 Å². The first-order valence-corrected chi connectivity index (χ1v) is 15.1. The molecule has 0 aromatic carbocycles. The average Bonchev–Trinajstić information content (AvgIpc) is 2.49. The molecule has 0 heterocycles. The van der Waals surface area contributed by atoms with Gasteiger partial charge in [-0.05, 0) is 12.5 Å². The van der Waals surface area contributed by atoms with E-state index in [1.807, 2.05) is 0 Å². The minimum absolute atomic E-state index is 0.840. The standard InChI is InChI=1S/C20H42Cl2Si/c1-23(2,22)20-18-16-14-12-10-8-6-4-3-5-7-9-11-13-15-17-19-21/h3-20H2,1-2H3. The Morgan fingerprint density at radius 3 is 1.00 bits per heavy atom. The van der Waals surface area contributed by atoms with Gasteiger partial charge >= 0.3 is 0 Å². The van der Waals surface area contributed by atoms with Gasteiger partial charge in [0.2, 0.25) is 0 Å². The first-order valence-electron chi connectivity index (χ1n) is 10.3. The quantitative estimate of drug-likeness (QED) is 0.0962. The summed E-state index contributed by atoms with van der Waals surface area (Å²) in [7, 11) is -1.30. The third kappa shape index (κ3) is 22.8. The van der Waals surface area contributed by atoms with Crippen LogP contribution in [-0.2, 0) is 0 Å². The monoisotopic (exact) mass is 380 g/mol. The Morgan fingerprint density at radius 1 is 0.478 bits per heavy atom. The smallest absolute Gasteiger partial charge is 0.150 e. The molecular weight excluding hydrogens is 339 g/mol. The summed E-state index contributed by atoms with van der Waals surface area (Å²) in [5.74, 6) is 0.840. The second-order valence-corrected chi connectivity index (χ2v) is 15.2. The van der Waals surface area contributed by atoms with Crippen molar-refractivity contribution in [2.75, 3.05) is 5.88 Å². The van der Waals surface area contributed by atoms with Crippen molar-refractivity contribution in [3.63, 3.8) is 0 Å². The molecule has 3 heteroatoms. The van der Waals surface area contributed by atoms with Crippen LogP contribution in [0.4, 0.5) is 0 Å². The van der Waals surface area contributed by atoms with E-state index in [-0.39, 0.29) is 0 Å². The fraction of sp³-hybridized carbons (Fsp3) is 1.00. The molecule has 0 bridgehead atoms. The molecule has 23 heavy (non-hydrogen) atoms. The highest BCUT2D eigenvalue weighted by atomic mass is 35.6. The largest absolute Gasteiger partial charge is 0.168 e. The molecule has 0 atom stereocenters. The molecule has 0 aliphatic carbocycles. The predicted octanol–water partition coefficient (Wildman–Crippen LogP) is 8.91. The summed E-state index contributed by atoms with van der Waals surface area (Å²) in [4.78, 5) is 0. The summed E-state index contributed by atoms with van der Waals surface area (Å²) in [6, 6.07) is 1.29. The van der Waals surface area contributed by atoms with Crippen LogP contribution >= 0.6 is 22.7 Å². The van der Waals surface area contributed by atoms with Gasteiger partial charge in [-0.2, -0.15) is 11.1 Å². The van der Waals surface area contributed by atoms with Crippen molar-refractivity contribution in [2.45, 2.75) is 122 Å². The normalized spacial score (nSPS) is 12.0. The Bertz CT molecular complexity index is 226. The number of hydrogen-bond donors (Lipinski definition) is 0. The topological polar surface area (TPSA) is 0 Å². The third-order valence-electron chi connectivity index (χ3n) is 4.65. The lowest BCUT2D eigenvalue weighted by atomic mass is 10.0. The Hall–Kier alpha value is 0.797. The van der Waals surface area contributed by atoms with Crippen molar-refractivity contribution in [1.82, 2.24) is 0 Å². The van der Waals surface area contributed by atoms with E-state index in [9.17, 15) is 0 Å². The summed E-state index contributed by atoms with van der Waals surface area (Å²) >= 11 is 12.0. The van der Waals surface area contributed by atoms with Crippen LogP contribution in [0, 0.1) is 0 Å². The van der Waals surface area contributed by atoms with Crippen LogP contribution in [0.25, 0.3) is 0 Å². The maximum absolute atomic E-state index is 6.34. The lowest BCUT2D eigenvalue weighted by Gasteiger charge is -2.11. The second kappa shape index (κ2) is 17.6. The number of hydrogen-bond acceptors (Lipinski definition) is 0. The molecule has 0 fully saturated rings. The zero-order chi connectivity index (χ0) is 17.2. The van der Waals surface area contributed by atoms with Crippen molar-refractivity contribution in [1.29, 1.82) is 0 Å². The number of alkyl halides is 1. The number of rotatable bonds is 18. The molecule has 0 saturated heterocycles. The SMILES string of the molecule is C[Si](C)(Cl)CCCCCCCCCCCCCCCCCCCl. The van der Waals surface area contributed by atoms with Crippen molar-refractivity contribution in [3.05, 3.63) is 0 Å². The van der Waals surface area contributed by atoms with Gasteiger partial charge in [-0.15, -0.1) is 11.6 Å². The number of halogens is 2. The molecular formula is C20H42Cl2Si. The van der Waals surface area contributed by atoms with Gasteiger partial charge in [-0.25, -0.2) is 0 Å². The molecule has 0 radical (unpaired) electrons. The van der Waals surface area contributed by atoms with Crippen LogP contribution in [0.5, 0.6) is 0 Å². The zero-order valence-corrected chi connectivity index (χ0v) is 18.5. The highest BCUT2D eigenvalue weighted by molar-refractivity contribution is 7.19. The van der Waals surface area contributed by atoms with Crippen LogP contribution in [0.15, 0.2) is 0 Å². The lowest BCUT2D eigenvalue weighted by molar-refractivity contribution is 0.531. The van der Waals surface area contributed by atoms with Crippen LogP contribution in [0.2, 0.25) is 19.1 Å². The Morgan fingerprint density at radius 2 is 0.739 bits per heavy atom. The molecule has 140 valence electrons. The first kappa shape index (κ1) is 23.8. The molecule has 0 nitrogen and oxygen atoms in total. The zero-order valence-electron chi connectivity index (χ0n) is 16.0. The van der Waals surface area contributed by atoms with E-state index < -0.39 is 7.38 Å².